The molecule has 2 aromatic rings. The first kappa shape index (κ1) is 19.1. The Morgan fingerprint density at radius 1 is 1.32 bits per heavy atom. The number of thiophene rings is 1. The number of rotatable bonds is 6. The van der Waals surface area contributed by atoms with Crippen molar-refractivity contribution in [1.82, 2.24) is 15.5 Å². The summed E-state index contributed by atoms with van der Waals surface area (Å²) in [5.74, 6) is 1.53. The van der Waals surface area contributed by atoms with E-state index in [2.05, 4.69) is 33.0 Å². The molecule has 2 N–H and O–H groups in total. The van der Waals surface area contributed by atoms with Crippen LogP contribution >= 0.6 is 11.3 Å². The fourth-order valence-electron chi connectivity index (χ4n) is 4.02. The lowest BCUT2D eigenvalue weighted by atomic mass is 10.0. The van der Waals surface area contributed by atoms with Crippen LogP contribution in [0.1, 0.15) is 29.3 Å². The lowest BCUT2D eigenvalue weighted by molar-refractivity contribution is 0.203. The second-order valence-corrected chi connectivity index (χ2v) is 8.27. The Kier molecular flexibility index (Phi) is 6.02. The van der Waals surface area contributed by atoms with E-state index >= 15 is 0 Å². The molecule has 0 spiro atoms. The number of methoxy groups -OCH3 is 1. The van der Waals surface area contributed by atoms with Crippen molar-refractivity contribution in [2.24, 2.45) is 0 Å². The topological polar surface area (TPSA) is 62.8 Å². The number of benzene rings is 1. The van der Waals surface area contributed by atoms with Gasteiger partial charge in [-0.3, -0.25) is 4.90 Å². The van der Waals surface area contributed by atoms with Gasteiger partial charge < -0.3 is 20.1 Å². The molecule has 4 rings (SSSR count). The van der Waals surface area contributed by atoms with Crippen molar-refractivity contribution in [3.63, 3.8) is 0 Å². The number of amides is 2. The third-order valence-electron chi connectivity index (χ3n) is 5.42. The van der Waals surface area contributed by atoms with Gasteiger partial charge in [0.2, 0.25) is 0 Å². The van der Waals surface area contributed by atoms with Crippen LogP contribution in [0.5, 0.6) is 11.5 Å². The molecular formula is C21H27N3O3S. The smallest absolute Gasteiger partial charge is 0.315 e. The Labute approximate surface area is 169 Å². The number of carbonyl (C=O) groups excluding carboxylic acids is 1. The predicted octanol–water partition coefficient (Wildman–Crippen LogP) is 3.20. The first-order valence-corrected chi connectivity index (χ1v) is 10.7. The summed E-state index contributed by atoms with van der Waals surface area (Å²) in [6.45, 7) is 3.26. The summed E-state index contributed by atoms with van der Waals surface area (Å²) in [6, 6.07) is 10.2. The quantitative estimate of drug-likeness (QED) is 0.780. The molecular weight excluding hydrogens is 374 g/mol. The molecule has 2 aliphatic heterocycles. The minimum absolute atomic E-state index is 0.0495. The molecule has 2 aliphatic rings. The van der Waals surface area contributed by atoms with Crippen LogP contribution < -0.4 is 20.1 Å². The Bertz CT molecular complexity index is 790. The van der Waals surface area contributed by atoms with Crippen LogP contribution in [0.2, 0.25) is 0 Å². The molecule has 2 unspecified atom stereocenters. The fourth-order valence-corrected chi connectivity index (χ4v) is 4.88. The number of ether oxygens (including phenoxy) is 2. The third-order valence-corrected chi connectivity index (χ3v) is 6.39. The number of nitrogens with zero attached hydrogens (tertiary/aromatic N) is 1. The molecule has 7 heteroatoms. The number of likely N-dealkylation sites (tertiary alicyclic amines) is 1. The van der Waals surface area contributed by atoms with Crippen molar-refractivity contribution in [1.29, 1.82) is 0 Å². The number of carbonyl (C=O) groups is 1. The highest BCUT2D eigenvalue weighted by atomic mass is 32.1. The van der Waals surface area contributed by atoms with Crippen molar-refractivity contribution < 1.29 is 14.3 Å². The lowest BCUT2D eigenvalue weighted by Gasteiger charge is -2.29. The number of nitrogens with one attached hydrogen (secondary N) is 2. The van der Waals surface area contributed by atoms with Crippen LogP contribution in [0.15, 0.2) is 35.7 Å². The monoisotopic (exact) mass is 401 g/mol. The Balaban J connectivity index is 1.32. The van der Waals surface area contributed by atoms with Gasteiger partial charge in [-0.25, -0.2) is 4.79 Å². The van der Waals surface area contributed by atoms with Gasteiger partial charge in [0.25, 0.3) is 0 Å². The summed E-state index contributed by atoms with van der Waals surface area (Å²) in [5, 5.41) is 8.23. The maximum atomic E-state index is 12.5. The number of fused-ring (bicyclic) bond motifs is 1. The highest BCUT2D eigenvalue weighted by Gasteiger charge is 2.26. The number of hydrogen-bond acceptors (Lipinski definition) is 5. The van der Waals surface area contributed by atoms with Crippen molar-refractivity contribution in [3.8, 4) is 11.5 Å². The van der Waals surface area contributed by atoms with Gasteiger partial charge in [-0.15, -0.1) is 11.3 Å². The van der Waals surface area contributed by atoms with Gasteiger partial charge in [-0.05, 0) is 49.9 Å². The molecule has 2 atom stereocenters. The van der Waals surface area contributed by atoms with E-state index in [1.807, 2.05) is 18.2 Å². The van der Waals surface area contributed by atoms with Gasteiger partial charge in [0.05, 0.1) is 19.2 Å². The minimum atomic E-state index is -0.138. The van der Waals surface area contributed by atoms with E-state index in [0.29, 0.717) is 13.2 Å². The summed E-state index contributed by atoms with van der Waals surface area (Å²) in [7, 11) is 1.64. The van der Waals surface area contributed by atoms with Crippen LogP contribution in [-0.2, 0) is 6.42 Å². The van der Waals surface area contributed by atoms with Gasteiger partial charge in [-0.1, -0.05) is 18.2 Å². The van der Waals surface area contributed by atoms with Crippen LogP contribution in [-0.4, -0.2) is 50.3 Å². The average molecular weight is 402 g/mol. The van der Waals surface area contributed by atoms with Crippen LogP contribution in [0.3, 0.4) is 0 Å². The number of hydrogen-bond donors (Lipinski definition) is 2. The second-order valence-electron chi connectivity index (χ2n) is 7.29. The maximum absolute atomic E-state index is 12.5. The first-order valence-electron chi connectivity index (χ1n) is 9.85. The van der Waals surface area contributed by atoms with Crippen molar-refractivity contribution in [2.45, 2.75) is 31.3 Å². The van der Waals surface area contributed by atoms with Crippen molar-refractivity contribution >= 4 is 17.4 Å². The fraction of sp³-hybridized carbons (Fsp3) is 0.476. The normalized spacial score (nSPS) is 20.1. The summed E-state index contributed by atoms with van der Waals surface area (Å²) in [5.41, 5.74) is 1.06. The highest BCUT2D eigenvalue weighted by Crippen LogP contribution is 2.34. The molecule has 1 aromatic carbocycles. The van der Waals surface area contributed by atoms with Crippen molar-refractivity contribution in [3.05, 3.63) is 46.2 Å². The molecule has 0 radical (unpaired) electrons. The molecule has 2 amide bonds. The summed E-state index contributed by atoms with van der Waals surface area (Å²) < 4.78 is 11.2. The molecule has 1 fully saturated rings. The second kappa shape index (κ2) is 8.84. The highest BCUT2D eigenvalue weighted by molar-refractivity contribution is 7.10. The van der Waals surface area contributed by atoms with Gasteiger partial charge >= 0.3 is 6.03 Å². The molecule has 1 aromatic heterocycles. The maximum Gasteiger partial charge on any atom is 0.315 e. The Morgan fingerprint density at radius 2 is 2.18 bits per heavy atom. The molecule has 3 heterocycles. The molecule has 1 saturated heterocycles. The Hall–Kier alpha value is -2.25. The minimum Gasteiger partial charge on any atom is -0.493 e. The zero-order chi connectivity index (χ0) is 19.3. The first-order chi connectivity index (χ1) is 13.7. The number of para-hydroxylation sites is 1. The van der Waals surface area contributed by atoms with E-state index < -0.39 is 0 Å². The standard InChI is InChI=1S/C21H27N3O3S/c1-26-18-7-4-6-15-12-16(14-27-20(15)18)23-21(25)22-13-17(19-8-5-11-28-19)24-9-2-3-10-24/h4-8,11,16-17H,2-3,9-10,12-14H2,1H3,(H2,22,23,25). The number of urea groups is 1. The SMILES string of the molecule is COc1cccc2c1OCC(NC(=O)NCC(c1cccs1)N1CCCC1)C2. The van der Waals surface area contributed by atoms with E-state index in [-0.39, 0.29) is 18.1 Å². The third kappa shape index (κ3) is 4.25. The van der Waals surface area contributed by atoms with E-state index in [1.54, 1.807) is 18.4 Å². The molecule has 0 aliphatic carbocycles. The molecule has 0 bridgehead atoms. The summed E-state index contributed by atoms with van der Waals surface area (Å²) in [4.78, 5) is 16.3. The molecule has 150 valence electrons. The zero-order valence-electron chi connectivity index (χ0n) is 16.1. The predicted molar refractivity (Wildman–Crippen MR) is 110 cm³/mol. The van der Waals surface area contributed by atoms with Gasteiger partial charge in [0.1, 0.15) is 6.61 Å². The lowest BCUT2D eigenvalue weighted by Crippen LogP contribution is -2.48. The van der Waals surface area contributed by atoms with E-state index in [4.69, 9.17) is 9.47 Å². The average Bonchev–Trinajstić information content (AvgIpc) is 3.42. The molecule has 6 nitrogen and oxygen atoms in total. The van der Waals surface area contributed by atoms with Crippen molar-refractivity contribution in [2.75, 3.05) is 33.4 Å². The van der Waals surface area contributed by atoms with Crippen LogP contribution in [0.4, 0.5) is 4.79 Å². The van der Waals surface area contributed by atoms with Gasteiger partial charge in [-0.2, -0.15) is 0 Å². The van der Waals surface area contributed by atoms with Gasteiger partial charge in [0.15, 0.2) is 11.5 Å². The van der Waals surface area contributed by atoms with E-state index in [0.717, 1.165) is 36.6 Å². The summed E-state index contributed by atoms with van der Waals surface area (Å²) in [6.07, 6.45) is 3.20. The summed E-state index contributed by atoms with van der Waals surface area (Å²) >= 11 is 1.76. The molecule has 0 saturated carbocycles. The Morgan fingerprint density at radius 3 is 2.93 bits per heavy atom. The largest absolute Gasteiger partial charge is 0.493 e. The van der Waals surface area contributed by atoms with Gasteiger partial charge in [0, 0.05) is 17.0 Å². The van der Waals surface area contributed by atoms with E-state index in [1.165, 1.54) is 17.7 Å². The molecule has 28 heavy (non-hydrogen) atoms. The van der Waals surface area contributed by atoms with E-state index in [9.17, 15) is 4.79 Å². The van der Waals surface area contributed by atoms with Crippen LogP contribution in [0, 0.1) is 0 Å². The zero-order valence-corrected chi connectivity index (χ0v) is 17.0. The van der Waals surface area contributed by atoms with Crippen LogP contribution in [0.25, 0.3) is 0 Å².